The van der Waals surface area contributed by atoms with Crippen LogP contribution >= 0.6 is 15.9 Å². The second-order valence-corrected chi connectivity index (χ2v) is 7.28. The maximum Gasteiger partial charge on any atom is 0.127 e. The summed E-state index contributed by atoms with van der Waals surface area (Å²) < 4.78 is 1.14. The highest BCUT2D eigenvalue weighted by atomic mass is 79.9. The van der Waals surface area contributed by atoms with Gasteiger partial charge in [0.2, 0.25) is 0 Å². The number of imidazole rings is 1. The number of halogens is 1. The predicted molar refractivity (Wildman–Crippen MR) is 97.7 cm³/mol. The van der Waals surface area contributed by atoms with Crippen molar-refractivity contribution >= 4 is 15.9 Å². The molecule has 0 radical (unpaired) electrons. The molecule has 3 aromatic rings. The first-order chi connectivity index (χ1) is 11.8. The van der Waals surface area contributed by atoms with Gasteiger partial charge >= 0.3 is 0 Å². The summed E-state index contributed by atoms with van der Waals surface area (Å²) in [5.74, 6) is 0.924. The van der Waals surface area contributed by atoms with Gasteiger partial charge < -0.3 is 10.3 Å². The molecule has 1 saturated carbocycles. The van der Waals surface area contributed by atoms with Crippen molar-refractivity contribution in [3.8, 4) is 0 Å². The molecule has 2 heterocycles. The number of H-pyrrole nitrogens is 1. The van der Waals surface area contributed by atoms with E-state index in [4.69, 9.17) is 0 Å². The molecule has 0 bridgehead atoms. The van der Waals surface area contributed by atoms with Crippen molar-refractivity contribution in [1.29, 1.82) is 0 Å². The molecule has 4 nitrogen and oxygen atoms in total. The topological polar surface area (TPSA) is 53.6 Å². The number of nitrogens with one attached hydrogen (secondary N) is 2. The summed E-state index contributed by atoms with van der Waals surface area (Å²) in [4.78, 5) is 11.9. The molecule has 5 heteroatoms. The van der Waals surface area contributed by atoms with Crippen molar-refractivity contribution in [1.82, 2.24) is 20.3 Å². The molecule has 0 amide bonds. The maximum atomic E-state index is 4.45. The largest absolute Gasteiger partial charge is 0.347 e. The summed E-state index contributed by atoms with van der Waals surface area (Å²) in [5.41, 5.74) is 2.75. The molecule has 0 saturated heterocycles. The van der Waals surface area contributed by atoms with Crippen LogP contribution in [0.2, 0.25) is 0 Å². The molecule has 1 aliphatic rings. The fraction of sp³-hybridized carbons (Fsp3) is 0.263. The van der Waals surface area contributed by atoms with Gasteiger partial charge in [-0.3, -0.25) is 4.98 Å². The summed E-state index contributed by atoms with van der Waals surface area (Å²) in [6.45, 7) is 0.920. The monoisotopic (exact) mass is 382 g/mol. The Morgan fingerprint density at radius 1 is 1.21 bits per heavy atom. The molecule has 0 spiro atoms. The second kappa shape index (κ2) is 6.49. The van der Waals surface area contributed by atoms with Gasteiger partial charge in [0.1, 0.15) is 5.82 Å². The zero-order valence-electron chi connectivity index (χ0n) is 13.2. The van der Waals surface area contributed by atoms with Crippen molar-refractivity contribution in [3.05, 3.63) is 82.6 Å². The Balaban J connectivity index is 1.56. The van der Waals surface area contributed by atoms with Gasteiger partial charge in [-0.25, -0.2) is 4.98 Å². The highest BCUT2D eigenvalue weighted by Gasteiger charge is 2.44. The quantitative estimate of drug-likeness (QED) is 0.677. The van der Waals surface area contributed by atoms with Crippen LogP contribution in [0.25, 0.3) is 0 Å². The molecule has 122 valence electrons. The highest BCUT2D eigenvalue weighted by Crippen LogP contribution is 2.48. The van der Waals surface area contributed by atoms with E-state index in [0.29, 0.717) is 0 Å². The van der Waals surface area contributed by atoms with Crippen molar-refractivity contribution < 1.29 is 0 Å². The standard InChI is InChI=1S/C19H19BrN4/c20-16-5-1-4-15(11-16)19(6-7-19)13-24-17(18-22-9-10-23-18)14-3-2-8-21-12-14/h1-5,8-12,17,24H,6-7,13H2,(H,22,23). The fourth-order valence-corrected chi connectivity index (χ4v) is 3.59. The summed E-state index contributed by atoms with van der Waals surface area (Å²) in [6, 6.07) is 12.7. The van der Waals surface area contributed by atoms with Crippen LogP contribution in [0.1, 0.15) is 35.8 Å². The molecule has 1 fully saturated rings. The lowest BCUT2D eigenvalue weighted by Crippen LogP contribution is -2.32. The fourth-order valence-electron chi connectivity index (χ4n) is 3.19. The average molecular weight is 383 g/mol. The van der Waals surface area contributed by atoms with E-state index in [1.807, 2.05) is 18.5 Å². The number of hydrogen-bond acceptors (Lipinski definition) is 3. The number of rotatable bonds is 6. The minimum absolute atomic E-state index is 0.0262. The van der Waals surface area contributed by atoms with Gasteiger partial charge in [-0.15, -0.1) is 0 Å². The first-order valence-electron chi connectivity index (χ1n) is 8.15. The smallest absolute Gasteiger partial charge is 0.127 e. The maximum absolute atomic E-state index is 4.45. The zero-order chi connectivity index (χ0) is 16.4. The molecule has 1 unspecified atom stereocenters. The molecule has 0 aliphatic heterocycles. The van der Waals surface area contributed by atoms with Crippen molar-refractivity contribution in [2.75, 3.05) is 6.54 Å². The van der Waals surface area contributed by atoms with Crippen LogP contribution in [0.15, 0.2) is 65.7 Å². The molecular formula is C19H19BrN4. The zero-order valence-corrected chi connectivity index (χ0v) is 14.8. The molecule has 2 aromatic heterocycles. The van der Waals surface area contributed by atoms with Crippen LogP contribution in [0.4, 0.5) is 0 Å². The molecule has 1 aliphatic carbocycles. The van der Waals surface area contributed by atoms with E-state index in [1.165, 1.54) is 18.4 Å². The van der Waals surface area contributed by atoms with Gasteiger partial charge in [0.15, 0.2) is 0 Å². The van der Waals surface area contributed by atoms with Gasteiger partial charge in [-0.2, -0.15) is 0 Å². The van der Waals surface area contributed by atoms with Gasteiger partial charge in [0.05, 0.1) is 6.04 Å². The van der Waals surface area contributed by atoms with Crippen molar-refractivity contribution in [2.24, 2.45) is 0 Å². The number of hydrogen-bond donors (Lipinski definition) is 2. The van der Waals surface area contributed by atoms with E-state index < -0.39 is 0 Å². The van der Waals surface area contributed by atoms with E-state index in [1.54, 1.807) is 12.4 Å². The molecular weight excluding hydrogens is 364 g/mol. The number of aromatic nitrogens is 3. The van der Waals surface area contributed by atoms with Gasteiger partial charge in [-0.05, 0) is 42.2 Å². The normalized spacial score (nSPS) is 16.7. The summed E-state index contributed by atoms with van der Waals surface area (Å²) in [6.07, 6.45) is 9.79. The molecule has 2 N–H and O–H groups in total. The predicted octanol–water partition coefficient (Wildman–Crippen LogP) is 3.98. The number of pyridine rings is 1. The third-order valence-corrected chi connectivity index (χ3v) is 5.24. The number of aromatic amines is 1. The lowest BCUT2D eigenvalue weighted by molar-refractivity contribution is 0.515. The van der Waals surface area contributed by atoms with Crippen molar-refractivity contribution in [2.45, 2.75) is 24.3 Å². The first kappa shape index (κ1) is 15.5. The summed E-state index contributed by atoms with van der Waals surface area (Å²) >= 11 is 3.59. The number of nitrogens with zero attached hydrogens (tertiary/aromatic N) is 2. The minimum atomic E-state index is 0.0262. The van der Waals surface area contributed by atoms with Crippen LogP contribution < -0.4 is 5.32 Å². The average Bonchev–Trinajstić information content (AvgIpc) is 3.21. The second-order valence-electron chi connectivity index (χ2n) is 6.37. The Bertz CT molecular complexity index is 797. The number of benzene rings is 1. The van der Waals surface area contributed by atoms with E-state index >= 15 is 0 Å². The summed E-state index contributed by atoms with van der Waals surface area (Å²) in [7, 11) is 0. The highest BCUT2D eigenvalue weighted by molar-refractivity contribution is 9.10. The molecule has 4 rings (SSSR count). The Kier molecular flexibility index (Phi) is 4.21. The van der Waals surface area contributed by atoms with Crippen LogP contribution in [-0.2, 0) is 5.41 Å². The van der Waals surface area contributed by atoms with E-state index in [-0.39, 0.29) is 11.5 Å². The first-order valence-corrected chi connectivity index (χ1v) is 8.95. The van der Waals surface area contributed by atoms with Crippen LogP contribution in [0, 0.1) is 0 Å². The summed E-state index contributed by atoms with van der Waals surface area (Å²) in [5, 5.41) is 3.71. The van der Waals surface area contributed by atoms with Gasteiger partial charge in [0, 0.05) is 41.2 Å². The molecule has 1 atom stereocenters. The third-order valence-electron chi connectivity index (χ3n) is 4.75. The SMILES string of the molecule is Brc1cccc(C2(CNC(c3cccnc3)c3ncc[nH]3)CC2)c1. The lowest BCUT2D eigenvalue weighted by atomic mass is 9.95. The Labute approximate surface area is 149 Å². The van der Waals surface area contributed by atoms with E-state index in [2.05, 4.69) is 66.5 Å². The van der Waals surface area contributed by atoms with Crippen molar-refractivity contribution in [3.63, 3.8) is 0 Å². The Morgan fingerprint density at radius 3 is 2.79 bits per heavy atom. The minimum Gasteiger partial charge on any atom is -0.347 e. The lowest BCUT2D eigenvalue weighted by Gasteiger charge is -2.22. The van der Waals surface area contributed by atoms with E-state index in [9.17, 15) is 0 Å². The molecule has 24 heavy (non-hydrogen) atoms. The van der Waals surface area contributed by atoms with Crippen LogP contribution in [0.5, 0.6) is 0 Å². The van der Waals surface area contributed by atoms with Gasteiger partial charge in [-0.1, -0.05) is 34.1 Å². The molecule has 1 aromatic carbocycles. The van der Waals surface area contributed by atoms with E-state index in [0.717, 1.165) is 22.4 Å². The van der Waals surface area contributed by atoms with Gasteiger partial charge in [0.25, 0.3) is 0 Å². The Hall–Kier alpha value is -1.98. The third kappa shape index (κ3) is 3.14. The Morgan fingerprint density at radius 2 is 2.12 bits per heavy atom. The van der Waals surface area contributed by atoms with Crippen LogP contribution in [0.3, 0.4) is 0 Å². The van der Waals surface area contributed by atoms with Crippen LogP contribution in [-0.4, -0.2) is 21.5 Å².